The predicted molar refractivity (Wildman–Crippen MR) is 79.4 cm³/mol. The fourth-order valence-corrected chi connectivity index (χ4v) is 2.80. The molecule has 9 heteroatoms. The van der Waals surface area contributed by atoms with Gasteiger partial charge in [-0.2, -0.15) is 0 Å². The molecule has 6 nitrogen and oxygen atoms in total. The summed E-state index contributed by atoms with van der Waals surface area (Å²) in [5, 5.41) is 12.3. The number of halogens is 3. The zero-order valence-corrected chi connectivity index (χ0v) is 12.9. The Kier molecular flexibility index (Phi) is 5.16. The standard InChI is InChI=1S/C12H11Cl3N2O4/c13-6-3-7(14)10(8(15)4-6)16-12(20)17-1-2-21-5-9(17)11(18)19/h3-4,9H,1-2,5H2,(H,16,20)(H,18,19). The number of nitrogens with zero attached hydrogens (tertiary/aromatic N) is 1. The number of amides is 2. The molecule has 21 heavy (non-hydrogen) atoms. The molecule has 1 aliphatic heterocycles. The van der Waals surface area contributed by atoms with E-state index in [9.17, 15) is 9.59 Å². The van der Waals surface area contributed by atoms with Gasteiger partial charge in [0.05, 0.1) is 28.9 Å². The topological polar surface area (TPSA) is 78.9 Å². The van der Waals surface area contributed by atoms with Crippen molar-refractivity contribution < 1.29 is 19.4 Å². The van der Waals surface area contributed by atoms with Crippen LogP contribution in [0.25, 0.3) is 0 Å². The van der Waals surface area contributed by atoms with Crippen LogP contribution in [0.15, 0.2) is 12.1 Å². The van der Waals surface area contributed by atoms with Gasteiger partial charge in [-0.3, -0.25) is 0 Å². The number of carbonyl (C=O) groups excluding carboxylic acids is 1. The highest BCUT2D eigenvalue weighted by molar-refractivity contribution is 6.42. The minimum absolute atomic E-state index is 0.0646. The molecule has 1 atom stereocenters. The summed E-state index contributed by atoms with van der Waals surface area (Å²) in [6, 6.07) is 1.19. The fraction of sp³-hybridized carbons (Fsp3) is 0.333. The second kappa shape index (κ2) is 6.70. The lowest BCUT2D eigenvalue weighted by Crippen LogP contribution is -2.54. The number of nitrogens with one attached hydrogen (secondary N) is 1. The quantitative estimate of drug-likeness (QED) is 0.857. The number of urea groups is 1. The van der Waals surface area contributed by atoms with Crippen molar-refractivity contribution in [3.63, 3.8) is 0 Å². The van der Waals surface area contributed by atoms with E-state index in [1.807, 2.05) is 0 Å². The minimum atomic E-state index is -1.14. The van der Waals surface area contributed by atoms with Crippen LogP contribution in [0.1, 0.15) is 0 Å². The summed E-state index contributed by atoms with van der Waals surface area (Å²) in [7, 11) is 0. The van der Waals surface area contributed by atoms with Crippen LogP contribution < -0.4 is 5.32 Å². The number of ether oxygens (including phenoxy) is 1. The number of benzene rings is 1. The zero-order valence-electron chi connectivity index (χ0n) is 10.6. The number of carbonyl (C=O) groups is 2. The molecule has 2 amide bonds. The summed E-state index contributed by atoms with van der Waals surface area (Å²) >= 11 is 17.7. The van der Waals surface area contributed by atoms with Crippen LogP contribution in [0.5, 0.6) is 0 Å². The molecule has 0 spiro atoms. The molecule has 2 rings (SSSR count). The largest absolute Gasteiger partial charge is 0.480 e. The van der Waals surface area contributed by atoms with Crippen LogP contribution in [0.4, 0.5) is 10.5 Å². The van der Waals surface area contributed by atoms with E-state index < -0.39 is 18.0 Å². The molecule has 0 saturated carbocycles. The highest BCUT2D eigenvalue weighted by atomic mass is 35.5. The molecule has 1 saturated heterocycles. The lowest BCUT2D eigenvalue weighted by Gasteiger charge is -2.32. The van der Waals surface area contributed by atoms with Crippen molar-refractivity contribution in [2.45, 2.75) is 6.04 Å². The van der Waals surface area contributed by atoms with Crippen molar-refractivity contribution in [2.75, 3.05) is 25.1 Å². The molecule has 114 valence electrons. The molecule has 1 fully saturated rings. The molecule has 1 aromatic rings. The molecule has 0 aromatic heterocycles. The third kappa shape index (κ3) is 3.71. The van der Waals surface area contributed by atoms with Crippen LogP contribution in [0.2, 0.25) is 15.1 Å². The Morgan fingerprint density at radius 2 is 1.90 bits per heavy atom. The Balaban J connectivity index is 2.19. The Labute approximate surface area is 135 Å². The molecule has 0 bridgehead atoms. The summed E-state index contributed by atoms with van der Waals surface area (Å²) in [5.41, 5.74) is 0.184. The lowest BCUT2D eigenvalue weighted by molar-refractivity contribution is -0.147. The van der Waals surface area contributed by atoms with Crippen LogP contribution in [-0.4, -0.2) is 47.8 Å². The summed E-state index contributed by atoms with van der Waals surface area (Å²) in [4.78, 5) is 24.5. The number of rotatable bonds is 2. The van der Waals surface area contributed by atoms with E-state index in [1.54, 1.807) is 0 Å². The van der Waals surface area contributed by atoms with Gasteiger partial charge in [0.2, 0.25) is 0 Å². The highest BCUT2D eigenvalue weighted by Crippen LogP contribution is 2.34. The third-order valence-electron chi connectivity index (χ3n) is 2.91. The second-order valence-corrected chi connectivity index (χ2v) is 5.55. The van der Waals surface area contributed by atoms with Crippen molar-refractivity contribution >= 4 is 52.5 Å². The number of anilines is 1. The molecular weight excluding hydrogens is 343 g/mol. The predicted octanol–water partition coefficient (Wildman–Crippen LogP) is 2.96. The average Bonchev–Trinajstić information content (AvgIpc) is 2.42. The monoisotopic (exact) mass is 352 g/mol. The Hall–Kier alpha value is -1.21. The van der Waals surface area contributed by atoms with E-state index in [1.165, 1.54) is 12.1 Å². The van der Waals surface area contributed by atoms with Crippen molar-refractivity contribution in [3.05, 3.63) is 27.2 Å². The average molecular weight is 354 g/mol. The molecular formula is C12H11Cl3N2O4. The van der Waals surface area contributed by atoms with Crippen molar-refractivity contribution in [2.24, 2.45) is 0 Å². The Morgan fingerprint density at radius 3 is 2.48 bits per heavy atom. The number of hydrogen-bond donors (Lipinski definition) is 2. The second-order valence-electron chi connectivity index (χ2n) is 4.30. The van der Waals surface area contributed by atoms with Crippen LogP contribution in [-0.2, 0) is 9.53 Å². The van der Waals surface area contributed by atoms with Gasteiger partial charge >= 0.3 is 12.0 Å². The minimum Gasteiger partial charge on any atom is -0.480 e. The Bertz CT molecular complexity index is 559. The molecule has 2 N–H and O–H groups in total. The normalized spacial score (nSPS) is 18.4. The van der Waals surface area contributed by atoms with Gasteiger partial charge < -0.3 is 20.1 Å². The van der Waals surface area contributed by atoms with E-state index in [0.717, 1.165) is 4.90 Å². The number of morpholine rings is 1. The molecule has 1 heterocycles. The van der Waals surface area contributed by atoms with Gasteiger partial charge in [0, 0.05) is 11.6 Å². The first-order chi connectivity index (χ1) is 9.90. The highest BCUT2D eigenvalue weighted by Gasteiger charge is 2.33. The van der Waals surface area contributed by atoms with Gasteiger partial charge in [0.15, 0.2) is 6.04 Å². The van der Waals surface area contributed by atoms with E-state index in [-0.39, 0.29) is 35.5 Å². The van der Waals surface area contributed by atoms with E-state index >= 15 is 0 Å². The van der Waals surface area contributed by atoms with Gasteiger partial charge in [-0.1, -0.05) is 34.8 Å². The van der Waals surface area contributed by atoms with Crippen LogP contribution in [0, 0.1) is 0 Å². The summed E-state index contributed by atoms with van der Waals surface area (Å²) in [6.45, 7) is 0.357. The first-order valence-corrected chi connectivity index (χ1v) is 7.06. The Morgan fingerprint density at radius 1 is 1.29 bits per heavy atom. The zero-order chi connectivity index (χ0) is 15.6. The lowest BCUT2D eigenvalue weighted by atomic mass is 10.2. The molecule has 1 aromatic carbocycles. The number of hydrogen-bond acceptors (Lipinski definition) is 3. The molecule has 1 aliphatic rings. The number of aliphatic carboxylic acids is 1. The maximum atomic E-state index is 12.2. The number of carboxylic acids is 1. The third-order valence-corrected chi connectivity index (χ3v) is 3.73. The smallest absolute Gasteiger partial charge is 0.328 e. The van der Waals surface area contributed by atoms with Crippen molar-refractivity contribution in [3.8, 4) is 0 Å². The van der Waals surface area contributed by atoms with E-state index in [2.05, 4.69) is 5.32 Å². The summed E-state index contributed by atoms with van der Waals surface area (Å²) in [5.74, 6) is -1.14. The first kappa shape index (κ1) is 16.2. The van der Waals surface area contributed by atoms with Crippen LogP contribution in [0.3, 0.4) is 0 Å². The molecule has 0 aliphatic carbocycles. The van der Waals surface area contributed by atoms with Crippen LogP contribution >= 0.6 is 34.8 Å². The van der Waals surface area contributed by atoms with Crippen molar-refractivity contribution in [1.82, 2.24) is 4.90 Å². The van der Waals surface area contributed by atoms with Gasteiger partial charge in [-0.15, -0.1) is 0 Å². The van der Waals surface area contributed by atoms with Gasteiger partial charge in [-0.05, 0) is 12.1 Å². The summed E-state index contributed by atoms with van der Waals surface area (Å²) in [6.07, 6.45) is 0. The van der Waals surface area contributed by atoms with Crippen molar-refractivity contribution in [1.29, 1.82) is 0 Å². The van der Waals surface area contributed by atoms with Gasteiger partial charge in [0.1, 0.15) is 0 Å². The van der Waals surface area contributed by atoms with Gasteiger partial charge in [0.25, 0.3) is 0 Å². The van der Waals surface area contributed by atoms with Gasteiger partial charge in [-0.25, -0.2) is 9.59 Å². The van der Waals surface area contributed by atoms with E-state index in [0.29, 0.717) is 5.02 Å². The maximum Gasteiger partial charge on any atom is 0.328 e. The fourth-order valence-electron chi connectivity index (χ4n) is 1.89. The number of carboxylic acid groups (broad SMARTS) is 1. The molecule has 1 unspecified atom stereocenters. The maximum absolute atomic E-state index is 12.2. The first-order valence-electron chi connectivity index (χ1n) is 5.93. The SMILES string of the molecule is O=C(O)C1COCCN1C(=O)Nc1c(Cl)cc(Cl)cc1Cl. The van der Waals surface area contributed by atoms with E-state index in [4.69, 9.17) is 44.6 Å². The molecule has 0 radical (unpaired) electrons. The summed E-state index contributed by atoms with van der Waals surface area (Å²) < 4.78 is 5.07.